The number of halogens is 1. The number of rotatable bonds is 0. The highest BCUT2D eigenvalue weighted by Gasteiger charge is 2.45. The monoisotopic (exact) mass is 303 g/mol. The molecule has 0 atom stereocenters. The summed E-state index contributed by atoms with van der Waals surface area (Å²) in [5.74, 6) is 0. The lowest BCUT2D eigenvalue weighted by Crippen LogP contribution is -2.48. The first kappa shape index (κ1) is 11.6. The number of sulfone groups is 1. The van der Waals surface area contributed by atoms with Crippen molar-refractivity contribution < 1.29 is 13.2 Å². The summed E-state index contributed by atoms with van der Waals surface area (Å²) in [6.45, 7) is 3.10. The van der Waals surface area contributed by atoms with Crippen LogP contribution in [0, 0.1) is 0 Å². The van der Waals surface area contributed by atoms with Gasteiger partial charge in [0, 0.05) is 4.47 Å². The number of anilines is 1. The summed E-state index contributed by atoms with van der Waals surface area (Å²) in [7, 11) is -3.91. The van der Waals surface area contributed by atoms with E-state index in [0.717, 1.165) is 0 Å². The fraction of sp³-hybridized carbons (Fsp3) is 0.300. The standard InChI is InChI=1S/C10H10BrNO3S/c1-10(2)9(13)16(14,15)8-6(11)4-3-5-7(8)12-10/h3-5,12H,1-2H3. The molecule has 0 aliphatic carbocycles. The highest BCUT2D eigenvalue weighted by molar-refractivity contribution is 9.10. The van der Waals surface area contributed by atoms with Crippen molar-refractivity contribution >= 4 is 36.6 Å². The van der Waals surface area contributed by atoms with Crippen LogP contribution in [0.2, 0.25) is 0 Å². The van der Waals surface area contributed by atoms with Crippen molar-refractivity contribution in [1.29, 1.82) is 0 Å². The minimum Gasteiger partial charge on any atom is -0.371 e. The molecule has 0 amide bonds. The van der Waals surface area contributed by atoms with E-state index in [2.05, 4.69) is 21.2 Å². The smallest absolute Gasteiger partial charge is 0.275 e. The third-order valence-electron chi connectivity index (χ3n) is 2.44. The summed E-state index contributed by atoms with van der Waals surface area (Å²) in [6.07, 6.45) is 0. The Balaban J connectivity index is 2.83. The second kappa shape index (κ2) is 3.30. The summed E-state index contributed by atoms with van der Waals surface area (Å²) >= 11 is 3.15. The summed E-state index contributed by atoms with van der Waals surface area (Å²) in [6, 6.07) is 4.97. The third kappa shape index (κ3) is 1.48. The number of benzene rings is 1. The molecule has 0 saturated heterocycles. The Labute approximate surface area is 102 Å². The van der Waals surface area contributed by atoms with Crippen molar-refractivity contribution in [2.75, 3.05) is 5.32 Å². The number of carbonyl (C=O) groups excluding carboxylic acids is 1. The van der Waals surface area contributed by atoms with Crippen LogP contribution >= 0.6 is 15.9 Å². The maximum absolute atomic E-state index is 12.0. The molecule has 1 aliphatic heterocycles. The largest absolute Gasteiger partial charge is 0.371 e. The molecule has 0 spiro atoms. The lowest BCUT2D eigenvalue weighted by Gasteiger charge is -2.31. The number of fused-ring (bicyclic) bond motifs is 1. The first-order valence-electron chi connectivity index (χ1n) is 4.63. The number of hydrogen-bond acceptors (Lipinski definition) is 4. The molecule has 1 N–H and O–H groups in total. The Morgan fingerprint density at radius 1 is 1.31 bits per heavy atom. The van der Waals surface area contributed by atoms with Gasteiger partial charge in [-0.25, -0.2) is 8.42 Å². The van der Waals surface area contributed by atoms with E-state index in [0.29, 0.717) is 10.2 Å². The molecule has 0 saturated carbocycles. The second-order valence-corrected chi connectivity index (χ2v) is 6.80. The van der Waals surface area contributed by atoms with Gasteiger partial charge >= 0.3 is 0 Å². The molecular formula is C10H10BrNO3S. The Bertz CT molecular complexity index is 578. The van der Waals surface area contributed by atoms with Crippen molar-refractivity contribution in [2.24, 2.45) is 0 Å². The van der Waals surface area contributed by atoms with Crippen LogP contribution in [-0.4, -0.2) is 19.1 Å². The molecule has 6 heteroatoms. The van der Waals surface area contributed by atoms with Gasteiger partial charge in [-0.2, -0.15) is 0 Å². The van der Waals surface area contributed by atoms with Crippen LogP contribution in [0.15, 0.2) is 27.6 Å². The first-order valence-corrected chi connectivity index (χ1v) is 6.90. The molecule has 1 aromatic carbocycles. The van der Waals surface area contributed by atoms with Gasteiger partial charge in [-0.1, -0.05) is 6.07 Å². The summed E-state index contributed by atoms with van der Waals surface area (Å²) in [5.41, 5.74) is -0.633. The van der Waals surface area contributed by atoms with Crippen LogP contribution < -0.4 is 5.32 Å². The Morgan fingerprint density at radius 3 is 2.56 bits per heavy atom. The van der Waals surface area contributed by atoms with Crippen LogP contribution in [-0.2, 0) is 14.6 Å². The summed E-state index contributed by atoms with van der Waals surface area (Å²) in [4.78, 5) is 11.8. The summed E-state index contributed by atoms with van der Waals surface area (Å²) in [5, 5.41) is 2.12. The van der Waals surface area contributed by atoms with E-state index in [9.17, 15) is 13.2 Å². The zero-order valence-electron chi connectivity index (χ0n) is 8.74. The first-order chi connectivity index (χ1) is 7.27. The fourth-order valence-electron chi connectivity index (χ4n) is 1.70. The van der Waals surface area contributed by atoms with Crippen molar-refractivity contribution in [1.82, 2.24) is 0 Å². The van der Waals surface area contributed by atoms with E-state index < -0.39 is 20.5 Å². The van der Waals surface area contributed by atoms with Gasteiger partial charge in [0.1, 0.15) is 10.4 Å². The van der Waals surface area contributed by atoms with Crippen LogP contribution in [0.25, 0.3) is 0 Å². The number of nitrogens with one attached hydrogen (secondary N) is 1. The number of hydrogen-bond donors (Lipinski definition) is 1. The molecule has 86 valence electrons. The SMILES string of the molecule is CC1(C)Nc2cccc(Br)c2S(=O)(=O)C1=O. The lowest BCUT2D eigenvalue weighted by molar-refractivity contribution is -0.114. The zero-order valence-corrected chi connectivity index (χ0v) is 11.1. The minimum atomic E-state index is -3.91. The molecule has 4 nitrogen and oxygen atoms in total. The molecule has 16 heavy (non-hydrogen) atoms. The quantitative estimate of drug-likeness (QED) is 0.796. The predicted molar refractivity (Wildman–Crippen MR) is 64.0 cm³/mol. The maximum atomic E-state index is 12.0. The highest BCUT2D eigenvalue weighted by Crippen LogP contribution is 2.38. The summed E-state index contributed by atoms with van der Waals surface area (Å²) < 4.78 is 24.4. The van der Waals surface area contributed by atoms with E-state index in [1.807, 2.05) is 0 Å². The highest BCUT2D eigenvalue weighted by atomic mass is 79.9. The van der Waals surface area contributed by atoms with Crippen molar-refractivity contribution in [3.05, 3.63) is 22.7 Å². The average Bonchev–Trinajstić information content (AvgIpc) is 2.13. The molecule has 0 fully saturated rings. The van der Waals surface area contributed by atoms with Gasteiger partial charge in [0.15, 0.2) is 0 Å². The van der Waals surface area contributed by atoms with E-state index >= 15 is 0 Å². The predicted octanol–water partition coefficient (Wildman–Crippen LogP) is 1.95. The van der Waals surface area contributed by atoms with E-state index in [4.69, 9.17) is 0 Å². The zero-order chi connectivity index (χ0) is 12.1. The minimum absolute atomic E-state index is 0.0272. The van der Waals surface area contributed by atoms with Gasteiger partial charge in [-0.3, -0.25) is 4.79 Å². The Kier molecular flexibility index (Phi) is 2.40. The third-order valence-corrected chi connectivity index (χ3v) is 5.34. The average molecular weight is 304 g/mol. The molecule has 0 unspecified atom stereocenters. The van der Waals surface area contributed by atoms with Crippen molar-refractivity contribution in [3.8, 4) is 0 Å². The maximum Gasteiger partial charge on any atom is 0.275 e. The van der Waals surface area contributed by atoms with Gasteiger partial charge in [-0.15, -0.1) is 0 Å². The van der Waals surface area contributed by atoms with Crippen LogP contribution in [0.5, 0.6) is 0 Å². The molecular weight excluding hydrogens is 294 g/mol. The van der Waals surface area contributed by atoms with Gasteiger partial charge in [0.25, 0.3) is 5.12 Å². The van der Waals surface area contributed by atoms with Crippen LogP contribution in [0.3, 0.4) is 0 Å². The van der Waals surface area contributed by atoms with Crippen LogP contribution in [0.1, 0.15) is 13.8 Å². The molecule has 2 rings (SSSR count). The molecule has 1 heterocycles. The van der Waals surface area contributed by atoms with E-state index in [1.165, 1.54) is 0 Å². The number of carbonyl (C=O) groups is 1. The Morgan fingerprint density at radius 2 is 1.94 bits per heavy atom. The van der Waals surface area contributed by atoms with Crippen LogP contribution in [0.4, 0.5) is 5.69 Å². The second-order valence-electron chi connectivity index (χ2n) is 4.16. The van der Waals surface area contributed by atoms with Gasteiger partial charge in [0.05, 0.1) is 5.69 Å². The Hall–Kier alpha value is -0.880. The van der Waals surface area contributed by atoms with E-state index in [-0.39, 0.29) is 4.90 Å². The topological polar surface area (TPSA) is 63.2 Å². The molecule has 0 aromatic heterocycles. The van der Waals surface area contributed by atoms with Gasteiger partial charge in [0.2, 0.25) is 9.84 Å². The molecule has 0 bridgehead atoms. The molecule has 1 aliphatic rings. The van der Waals surface area contributed by atoms with Crippen molar-refractivity contribution in [2.45, 2.75) is 24.3 Å². The normalized spacial score (nSPS) is 21.1. The van der Waals surface area contributed by atoms with Crippen molar-refractivity contribution in [3.63, 3.8) is 0 Å². The fourth-order valence-corrected chi connectivity index (χ4v) is 4.34. The van der Waals surface area contributed by atoms with Gasteiger partial charge < -0.3 is 5.32 Å². The molecule has 0 radical (unpaired) electrons. The molecule has 1 aromatic rings. The van der Waals surface area contributed by atoms with E-state index in [1.54, 1.807) is 32.0 Å². The lowest BCUT2D eigenvalue weighted by atomic mass is 10.1. The van der Waals surface area contributed by atoms with Gasteiger partial charge in [-0.05, 0) is 41.9 Å².